The van der Waals surface area contributed by atoms with Crippen molar-refractivity contribution >= 4 is 57.8 Å². The van der Waals surface area contributed by atoms with Crippen molar-refractivity contribution in [2.75, 3.05) is 0 Å². The van der Waals surface area contributed by atoms with Crippen molar-refractivity contribution in [3.05, 3.63) is 81.1 Å². The van der Waals surface area contributed by atoms with E-state index in [1.807, 2.05) is 6.07 Å². The number of halogens is 3. The Bertz CT molecular complexity index is 1140. The highest BCUT2D eigenvalue weighted by molar-refractivity contribution is 8.18. The van der Waals surface area contributed by atoms with Crippen molar-refractivity contribution < 1.29 is 13.6 Å². The van der Waals surface area contributed by atoms with Gasteiger partial charge in [-0.2, -0.15) is 0 Å². The Balaban J connectivity index is 1.56. The maximum atomic E-state index is 13.3. The topological polar surface area (TPSA) is 54.6 Å². The first-order valence-corrected chi connectivity index (χ1v) is 9.66. The molecule has 1 aliphatic rings. The zero-order valence-corrected chi connectivity index (χ0v) is 16.4. The number of amidine groups is 1. The molecular formula is C20H11Cl2FN2O2S. The van der Waals surface area contributed by atoms with Crippen LogP contribution < -0.4 is 5.32 Å². The van der Waals surface area contributed by atoms with Gasteiger partial charge in [-0.25, -0.2) is 9.38 Å². The number of benzene rings is 2. The van der Waals surface area contributed by atoms with Gasteiger partial charge in [-0.15, -0.1) is 0 Å². The fourth-order valence-electron chi connectivity index (χ4n) is 2.50. The van der Waals surface area contributed by atoms with Crippen LogP contribution in [0.2, 0.25) is 10.0 Å². The fourth-order valence-corrected chi connectivity index (χ4v) is 3.67. The lowest BCUT2D eigenvalue weighted by atomic mass is 10.2. The summed E-state index contributed by atoms with van der Waals surface area (Å²) in [6.45, 7) is 0. The van der Waals surface area contributed by atoms with Crippen LogP contribution in [-0.2, 0) is 4.79 Å². The summed E-state index contributed by atoms with van der Waals surface area (Å²) in [6.07, 6.45) is 1.61. The van der Waals surface area contributed by atoms with Gasteiger partial charge in [0.2, 0.25) is 0 Å². The minimum Gasteiger partial charge on any atom is -0.457 e. The molecule has 8 heteroatoms. The van der Waals surface area contributed by atoms with Crippen LogP contribution in [0.3, 0.4) is 0 Å². The smallest absolute Gasteiger partial charge is 0.264 e. The normalized spacial score (nSPS) is 16.8. The molecule has 1 aliphatic heterocycles. The third kappa shape index (κ3) is 3.99. The predicted octanol–water partition coefficient (Wildman–Crippen LogP) is 6.28. The van der Waals surface area contributed by atoms with Gasteiger partial charge in [0.15, 0.2) is 5.17 Å². The Morgan fingerprint density at radius 3 is 2.68 bits per heavy atom. The Hall–Kier alpha value is -2.54. The number of aliphatic imine (C=N–C) groups is 1. The van der Waals surface area contributed by atoms with E-state index in [4.69, 9.17) is 27.6 Å². The molecule has 4 rings (SSSR count). The predicted molar refractivity (Wildman–Crippen MR) is 111 cm³/mol. The highest BCUT2D eigenvalue weighted by Gasteiger charge is 2.24. The summed E-state index contributed by atoms with van der Waals surface area (Å²) in [5.74, 6) is 0.219. The summed E-state index contributed by atoms with van der Waals surface area (Å²) in [4.78, 5) is 17.0. The molecule has 0 spiro atoms. The van der Waals surface area contributed by atoms with Gasteiger partial charge in [0.1, 0.15) is 17.3 Å². The molecule has 140 valence electrons. The first-order chi connectivity index (χ1) is 13.5. The van der Waals surface area contributed by atoms with Gasteiger partial charge in [0.25, 0.3) is 5.91 Å². The number of para-hydroxylation sites is 1. The van der Waals surface area contributed by atoms with Crippen molar-refractivity contribution in [1.82, 2.24) is 5.32 Å². The van der Waals surface area contributed by atoms with Crippen LogP contribution >= 0.6 is 35.0 Å². The summed E-state index contributed by atoms with van der Waals surface area (Å²) < 4.78 is 19.0. The number of hydrogen-bond donors (Lipinski definition) is 1. The Labute approximate surface area is 174 Å². The van der Waals surface area contributed by atoms with Gasteiger partial charge in [-0.05, 0) is 54.2 Å². The monoisotopic (exact) mass is 432 g/mol. The molecule has 1 saturated heterocycles. The van der Waals surface area contributed by atoms with Gasteiger partial charge in [0.05, 0.1) is 20.6 Å². The Morgan fingerprint density at radius 2 is 1.89 bits per heavy atom. The highest BCUT2D eigenvalue weighted by Crippen LogP contribution is 2.32. The van der Waals surface area contributed by atoms with Crippen molar-refractivity contribution in [3.63, 3.8) is 0 Å². The minimum atomic E-state index is -0.497. The fraction of sp³-hybridized carbons (Fsp3) is 0. The van der Waals surface area contributed by atoms with E-state index >= 15 is 0 Å². The van der Waals surface area contributed by atoms with Crippen molar-refractivity contribution in [1.29, 1.82) is 0 Å². The van der Waals surface area contributed by atoms with Crippen molar-refractivity contribution in [2.45, 2.75) is 0 Å². The number of carbonyl (C=O) groups is 1. The largest absolute Gasteiger partial charge is 0.457 e. The number of nitrogens with one attached hydrogen (secondary N) is 1. The van der Waals surface area contributed by atoms with Crippen LogP contribution in [0, 0.1) is 5.82 Å². The lowest BCUT2D eigenvalue weighted by molar-refractivity contribution is -0.115. The van der Waals surface area contributed by atoms with E-state index in [0.717, 1.165) is 0 Å². The number of rotatable bonds is 3. The quantitative estimate of drug-likeness (QED) is 0.495. The van der Waals surface area contributed by atoms with E-state index < -0.39 is 5.82 Å². The van der Waals surface area contributed by atoms with Gasteiger partial charge in [0, 0.05) is 11.6 Å². The van der Waals surface area contributed by atoms with Crippen LogP contribution in [0.5, 0.6) is 0 Å². The van der Waals surface area contributed by atoms with Crippen LogP contribution in [0.25, 0.3) is 17.4 Å². The molecule has 0 aliphatic carbocycles. The van der Waals surface area contributed by atoms with E-state index in [2.05, 4.69) is 10.3 Å². The number of hydrogen-bond acceptors (Lipinski definition) is 4. The standard InChI is InChI=1S/C20H11Cl2FN2O2S/c21-13-3-1-2-4-16(13)24-20-25-19(26)18(28-20)10-12-6-8-17(27-12)11-5-7-15(23)14(22)9-11/h1-10H,(H,24,25,26)/b18-10+. The molecule has 2 heterocycles. The number of amides is 1. The van der Waals surface area contributed by atoms with Gasteiger partial charge < -0.3 is 9.73 Å². The Morgan fingerprint density at radius 1 is 1.07 bits per heavy atom. The summed E-state index contributed by atoms with van der Waals surface area (Å²) in [6, 6.07) is 14.9. The van der Waals surface area contributed by atoms with E-state index in [-0.39, 0.29) is 10.9 Å². The van der Waals surface area contributed by atoms with E-state index in [0.29, 0.717) is 37.9 Å². The summed E-state index contributed by atoms with van der Waals surface area (Å²) in [7, 11) is 0. The van der Waals surface area contributed by atoms with Gasteiger partial charge in [-0.3, -0.25) is 4.79 Å². The lowest BCUT2D eigenvalue weighted by Crippen LogP contribution is -2.19. The second-order valence-corrected chi connectivity index (χ2v) is 7.61. The van der Waals surface area contributed by atoms with Gasteiger partial charge in [-0.1, -0.05) is 35.3 Å². The van der Waals surface area contributed by atoms with Crippen LogP contribution in [0.1, 0.15) is 5.76 Å². The first-order valence-electron chi connectivity index (χ1n) is 8.09. The van der Waals surface area contributed by atoms with E-state index in [1.165, 1.54) is 23.9 Å². The molecule has 1 fully saturated rings. The molecule has 28 heavy (non-hydrogen) atoms. The highest BCUT2D eigenvalue weighted by atomic mass is 35.5. The number of carbonyl (C=O) groups excluding carboxylic acids is 1. The molecule has 1 aromatic heterocycles. The molecular weight excluding hydrogens is 422 g/mol. The average Bonchev–Trinajstić information content (AvgIpc) is 3.27. The molecule has 1 N–H and O–H groups in total. The molecule has 2 aromatic carbocycles. The number of thioether (sulfide) groups is 1. The molecule has 1 amide bonds. The van der Waals surface area contributed by atoms with Crippen LogP contribution in [-0.4, -0.2) is 11.1 Å². The molecule has 4 nitrogen and oxygen atoms in total. The summed E-state index contributed by atoms with van der Waals surface area (Å²) in [5, 5.41) is 3.64. The third-order valence-corrected chi connectivity index (χ3v) is 5.35. The van der Waals surface area contributed by atoms with Crippen LogP contribution in [0.4, 0.5) is 10.1 Å². The zero-order chi connectivity index (χ0) is 19.7. The summed E-state index contributed by atoms with van der Waals surface area (Å²) in [5.41, 5.74) is 1.21. The molecule has 0 atom stereocenters. The third-order valence-electron chi connectivity index (χ3n) is 3.83. The first kappa shape index (κ1) is 18.8. The summed E-state index contributed by atoms with van der Waals surface area (Å²) >= 11 is 13.1. The maximum absolute atomic E-state index is 13.3. The average molecular weight is 433 g/mol. The molecule has 0 radical (unpaired) electrons. The Kier molecular flexibility index (Phi) is 5.26. The SMILES string of the molecule is O=C1NC(=Nc2ccccc2Cl)S/C1=C/c1ccc(-c2ccc(F)c(Cl)c2)o1. The van der Waals surface area contributed by atoms with Gasteiger partial charge >= 0.3 is 0 Å². The van der Waals surface area contributed by atoms with Crippen molar-refractivity contribution in [2.24, 2.45) is 4.99 Å². The zero-order valence-electron chi connectivity index (χ0n) is 14.1. The number of furan rings is 1. The second-order valence-electron chi connectivity index (χ2n) is 5.76. The molecule has 3 aromatic rings. The molecule has 0 saturated carbocycles. The maximum Gasteiger partial charge on any atom is 0.264 e. The molecule has 0 unspecified atom stereocenters. The lowest BCUT2D eigenvalue weighted by Gasteiger charge is -1.99. The molecule has 0 bridgehead atoms. The minimum absolute atomic E-state index is 0.0138. The number of nitrogens with zero attached hydrogens (tertiary/aromatic N) is 1. The second kappa shape index (κ2) is 7.83. The van der Waals surface area contributed by atoms with Crippen LogP contribution in [0.15, 0.2) is 68.9 Å². The van der Waals surface area contributed by atoms with Crippen molar-refractivity contribution in [3.8, 4) is 11.3 Å². The van der Waals surface area contributed by atoms with E-state index in [1.54, 1.807) is 42.5 Å². The van der Waals surface area contributed by atoms with E-state index in [9.17, 15) is 9.18 Å².